The normalized spacial score (nSPS) is 10.4. The van der Waals surface area contributed by atoms with Gasteiger partial charge in [-0.2, -0.15) is 0 Å². The van der Waals surface area contributed by atoms with Crippen LogP contribution in [0.15, 0.2) is 36.4 Å². The fraction of sp³-hybridized carbons (Fsp3) is 0.235. The van der Waals surface area contributed by atoms with Crippen molar-refractivity contribution in [3.8, 4) is 0 Å². The number of anilines is 2. The van der Waals surface area contributed by atoms with Gasteiger partial charge in [-0.1, -0.05) is 23.7 Å². The monoisotopic (exact) mass is 363 g/mol. The van der Waals surface area contributed by atoms with Crippen LogP contribution < -0.4 is 5.32 Å². The number of aliphatic hydroxyl groups is 1. The first-order valence-electron chi connectivity index (χ1n) is 7.50. The summed E-state index contributed by atoms with van der Waals surface area (Å²) in [4.78, 5) is 24.2. The third-order valence-electron chi connectivity index (χ3n) is 3.55. The Bertz CT molecular complexity index is 791. The van der Waals surface area contributed by atoms with Gasteiger partial charge in [-0.05, 0) is 30.2 Å². The molecule has 0 spiro atoms. The number of nitrogens with zero attached hydrogens (tertiary/aromatic N) is 2. The lowest BCUT2D eigenvalue weighted by Gasteiger charge is -2.14. The molecule has 0 aliphatic heterocycles. The lowest BCUT2D eigenvalue weighted by atomic mass is 10.1. The second-order valence-corrected chi connectivity index (χ2v) is 6.01. The number of hydrogen-bond donors (Lipinski definition) is 2. The molecular weight excluding hydrogens is 346 g/mol. The van der Waals surface area contributed by atoms with Crippen molar-refractivity contribution >= 4 is 34.6 Å². The highest BCUT2D eigenvalue weighted by molar-refractivity contribution is 6.34. The van der Waals surface area contributed by atoms with Gasteiger partial charge in [-0.3, -0.25) is 14.9 Å². The molecule has 2 aromatic rings. The zero-order chi connectivity index (χ0) is 18.6. The Balaban J connectivity index is 2.38. The number of carbonyl (C=O) groups excluding carboxylic acids is 1. The van der Waals surface area contributed by atoms with Crippen LogP contribution in [0.5, 0.6) is 0 Å². The Hall–Kier alpha value is -2.64. The Labute approximate surface area is 150 Å². The van der Waals surface area contributed by atoms with E-state index in [0.29, 0.717) is 12.1 Å². The van der Waals surface area contributed by atoms with Crippen molar-refractivity contribution in [2.75, 3.05) is 26.0 Å². The van der Waals surface area contributed by atoms with E-state index >= 15 is 0 Å². The summed E-state index contributed by atoms with van der Waals surface area (Å²) in [5.41, 5.74) is 1.61. The van der Waals surface area contributed by atoms with E-state index in [1.807, 2.05) is 12.1 Å². The van der Waals surface area contributed by atoms with Gasteiger partial charge in [0.1, 0.15) is 5.69 Å². The van der Waals surface area contributed by atoms with Gasteiger partial charge < -0.3 is 15.3 Å². The molecule has 2 N–H and O–H groups in total. The van der Waals surface area contributed by atoms with Crippen LogP contribution in [0.4, 0.5) is 17.1 Å². The Kier molecular flexibility index (Phi) is 5.95. The van der Waals surface area contributed by atoms with E-state index in [4.69, 9.17) is 16.7 Å². The minimum absolute atomic E-state index is 0.0508. The summed E-state index contributed by atoms with van der Waals surface area (Å²) >= 11 is 6.14. The molecule has 0 radical (unpaired) electrons. The molecule has 0 aromatic heterocycles. The number of nitro benzene ring substituents is 1. The summed E-state index contributed by atoms with van der Waals surface area (Å²) in [6.45, 7) is 0.0508. The predicted molar refractivity (Wildman–Crippen MR) is 96.6 cm³/mol. The molecule has 0 bridgehead atoms. The quantitative estimate of drug-likeness (QED) is 0.606. The van der Waals surface area contributed by atoms with Crippen molar-refractivity contribution in [3.63, 3.8) is 0 Å². The lowest BCUT2D eigenvalue weighted by Crippen LogP contribution is -2.22. The number of amides is 1. The Morgan fingerprint density at radius 1 is 1.28 bits per heavy atom. The van der Waals surface area contributed by atoms with Crippen LogP contribution in [0.1, 0.15) is 15.9 Å². The first kappa shape index (κ1) is 18.7. The molecule has 0 heterocycles. The number of carbonyl (C=O) groups is 1. The van der Waals surface area contributed by atoms with Crippen LogP contribution in [0.2, 0.25) is 5.02 Å². The third-order valence-corrected chi connectivity index (χ3v) is 3.86. The highest BCUT2D eigenvalue weighted by Crippen LogP contribution is 2.33. The summed E-state index contributed by atoms with van der Waals surface area (Å²) in [6, 6.07) is 9.68. The molecule has 0 saturated heterocycles. The number of rotatable bonds is 6. The van der Waals surface area contributed by atoms with Gasteiger partial charge >= 0.3 is 0 Å². The topological polar surface area (TPSA) is 95.7 Å². The summed E-state index contributed by atoms with van der Waals surface area (Å²) < 4.78 is 0. The molecule has 0 fully saturated rings. The Morgan fingerprint density at radius 3 is 2.44 bits per heavy atom. The van der Waals surface area contributed by atoms with E-state index in [-0.39, 0.29) is 28.6 Å². The van der Waals surface area contributed by atoms with Crippen molar-refractivity contribution < 1.29 is 14.8 Å². The summed E-state index contributed by atoms with van der Waals surface area (Å²) in [6.07, 6.45) is 0.535. The van der Waals surface area contributed by atoms with E-state index in [1.165, 1.54) is 17.0 Å². The maximum absolute atomic E-state index is 12.1. The first-order valence-corrected chi connectivity index (χ1v) is 7.87. The molecule has 8 heteroatoms. The van der Waals surface area contributed by atoms with Crippen LogP contribution in [-0.2, 0) is 6.42 Å². The van der Waals surface area contributed by atoms with Gasteiger partial charge in [0.15, 0.2) is 0 Å². The second-order valence-electron chi connectivity index (χ2n) is 5.60. The molecule has 0 atom stereocenters. The van der Waals surface area contributed by atoms with Crippen molar-refractivity contribution in [1.82, 2.24) is 4.90 Å². The number of hydrogen-bond acceptors (Lipinski definition) is 5. The van der Waals surface area contributed by atoms with Crippen molar-refractivity contribution in [2.24, 2.45) is 0 Å². The molecular formula is C17H18ClN3O4. The maximum Gasteiger partial charge on any atom is 0.293 e. The molecule has 0 unspecified atom stereocenters. The van der Waals surface area contributed by atoms with Crippen LogP contribution in [-0.4, -0.2) is 41.5 Å². The number of aliphatic hydroxyl groups excluding tert-OH is 1. The molecule has 2 rings (SSSR count). The van der Waals surface area contributed by atoms with Crippen LogP contribution in [0, 0.1) is 10.1 Å². The lowest BCUT2D eigenvalue weighted by molar-refractivity contribution is -0.383. The van der Waals surface area contributed by atoms with E-state index in [1.54, 1.807) is 26.2 Å². The van der Waals surface area contributed by atoms with Gasteiger partial charge in [0.05, 0.1) is 15.5 Å². The van der Waals surface area contributed by atoms with E-state index in [2.05, 4.69) is 5.32 Å². The summed E-state index contributed by atoms with van der Waals surface area (Å²) in [7, 11) is 3.09. The van der Waals surface area contributed by atoms with Crippen LogP contribution in [0.3, 0.4) is 0 Å². The highest BCUT2D eigenvalue weighted by Gasteiger charge is 2.22. The summed E-state index contributed by atoms with van der Waals surface area (Å²) in [5, 5.41) is 23.4. The van der Waals surface area contributed by atoms with E-state index in [0.717, 1.165) is 5.56 Å². The first-order chi connectivity index (χ1) is 11.8. The molecule has 132 valence electrons. The van der Waals surface area contributed by atoms with E-state index in [9.17, 15) is 14.9 Å². The maximum atomic E-state index is 12.1. The largest absolute Gasteiger partial charge is 0.396 e. The van der Waals surface area contributed by atoms with E-state index < -0.39 is 10.8 Å². The van der Waals surface area contributed by atoms with Gasteiger partial charge in [-0.15, -0.1) is 0 Å². The van der Waals surface area contributed by atoms with Crippen molar-refractivity contribution in [2.45, 2.75) is 6.42 Å². The van der Waals surface area contributed by atoms with Crippen molar-refractivity contribution in [1.29, 1.82) is 0 Å². The fourth-order valence-electron chi connectivity index (χ4n) is 2.26. The average molecular weight is 364 g/mol. The number of nitro groups is 1. The second kappa shape index (κ2) is 7.96. The zero-order valence-corrected chi connectivity index (χ0v) is 14.6. The molecule has 25 heavy (non-hydrogen) atoms. The van der Waals surface area contributed by atoms with Crippen molar-refractivity contribution in [3.05, 3.63) is 62.7 Å². The highest BCUT2D eigenvalue weighted by atomic mass is 35.5. The van der Waals surface area contributed by atoms with Gasteiger partial charge in [-0.25, -0.2) is 0 Å². The SMILES string of the molecule is CN(C)C(=O)c1cc([N+](=O)[O-])c(Nc2ccc(CCO)cc2)cc1Cl. The molecule has 0 aliphatic carbocycles. The minimum atomic E-state index is -0.564. The van der Waals surface area contributed by atoms with Crippen LogP contribution >= 0.6 is 11.6 Å². The number of halogens is 1. The van der Waals surface area contributed by atoms with Gasteiger partial charge in [0.2, 0.25) is 0 Å². The molecule has 0 aliphatic rings. The molecule has 1 amide bonds. The van der Waals surface area contributed by atoms with Gasteiger partial charge in [0.25, 0.3) is 11.6 Å². The minimum Gasteiger partial charge on any atom is -0.396 e. The van der Waals surface area contributed by atoms with Gasteiger partial charge in [0, 0.05) is 32.5 Å². The fourth-order valence-corrected chi connectivity index (χ4v) is 2.50. The number of benzene rings is 2. The molecule has 7 nitrogen and oxygen atoms in total. The number of nitrogens with one attached hydrogen (secondary N) is 1. The predicted octanol–water partition coefficient (Wildman–Crippen LogP) is 3.23. The zero-order valence-electron chi connectivity index (χ0n) is 13.8. The smallest absolute Gasteiger partial charge is 0.293 e. The average Bonchev–Trinajstić information content (AvgIpc) is 2.56. The molecule has 0 saturated carbocycles. The Morgan fingerprint density at radius 2 is 1.92 bits per heavy atom. The standard InChI is InChI=1S/C17H18ClN3O4/c1-20(2)17(23)13-9-16(21(24)25)15(10-14(13)18)19-12-5-3-11(4-6-12)7-8-22/h3-6,9-10,19,22H,7-8H2,1-2H3. The molecule has 2 aromatic carbocycles. The van der Waals surface area contributed by atoms with Crippen LogP contribution in [0.25, 0.3) is 0 Å². The third kappa shape index (κ3) is 4.46. The summed E-state index contributed by atoms with van der Waals surface area (Å²) in [5.74, 6) is -0.409.